The van der Waals surface area contributed by atoms with Crippen molar-refractivity contribution < 1.29 is 8.85 Å². The Morgan fingerprint density at radius 2 is 1.00 bits per heavy atom. The molecule has 0 saturated carbocycles. The fraction of sp³-hybridized carbons (Fsp3) is 0.400. The van der Waals surface area contributed by atoms with Gasteiger partial charge < -0.3 is 8.85 Å². The van der Waals surface area contributed by atoms with Crippen LogP contribution in [-0.2, 0) is 10.8 Å². The Labute approximate surface area is 221 Å². The molecule has 0 atom stereocenters. The second-order valence-corrected chi connectivity index (χ2v) is 16.3. The Hall–Kier alpha value is -3.07. The van der Waals surface area contributed by atoms with Crippen molar-refractivity contribution in [2.75, 3.05) is 0 Å². The second-order valence-electron chi connectivity index (χ2n) is 11.6. The minimum atomic E-state index is -1.38. The topological polar surface area (TPSA) is 27.2 Å². The van der Waals surface area contributed by atoms with Crippen LogP contribution in [0.4, 0.5) is 0 Å². The molecule has 0 radical (unpaired) electrons. The third kappa shape index (κ3) is 7.98. The van der Waals surface area contributed by atoms with Crippen molar-refractivity contribution in [3.63, 3.8) is 0 Å². The molecule has 0 bridgehead atoms. The molecule has 0 saturated heterocycles. The fourth-order valence-corrected chi connectivity index (χ4v) is 5.00. The van der Waals surface area contributed by atoms with E-state index < -0.39 is 18.1 Å². The lowest BCUT2D eigenvalue weighted by Gasteiger charge is -2.22. The maximum Gasteiger partial charge on any atom is 0.229 e. The molecule has 0 aliphatic carbocycles. The van der Waals surface area contributed by atoms with E-state index in [2.05, 4.69) is 102 Å². The Balaban J connectivity index is 2.65. The predicted molar refractivity (Wildman–Crippen MR) is 158 cm³/mol. The summed E-state index contributed by atoms with van der Waals surface area (Å²) in [6, 6.07) is 12.3. The van der Waals surface area contributed by atoms with E-state index in [1.54, 1.807) is 12.2 Å². The van der Waals surface area contributed by atoms with Crippen LogP contribution in [0.5, 0.6) is 11.5 Å². The first kappa shape index (κ1) is 29.2. The first-order valence-corrected chi connectivity index (χ1v) is 18.0. The maximum atomic E-state index is 7.86. The van der Waals surface area contributed by atoms with Crippen molar-refractivity contribution in [1.29, 1.82) is 0 Å². The van der Waals surface area contributed by atoms with Crippen molar-refractivity contribution in [2.24, 2.45) is 0 Å². The molecule has 0 heterocycles. The van der Waals surface area contributed by atoms with Gasteiger partial charge in [-0.2, -0.15) is 0 Å². The average Bonchev–Trinajstić information content (AvgIpc) is 2.75. The summed E-state index contributed by atoms with van der Waals surface area (Å²) >= 11 is 0. The van der Waals surface area contributed by atoms with Crippen LogP contribution in [0.3, 0.4) is 0 Å². The second kappa shape index (κ2) is 11.8. The van der Waals surface area contributed by atoms with E-state index in [4.69, 9.17) is 22.0 Å². The van der Waals surface area contributed by atoms with E-state index in [9.17, 15) is 0 Å². The van der Waals surface area contributed by atoms with E-state index in [1.165, 1.54) is 11.1 Å². The van der Waals surface area contributed by atoms with Gasteiger partial charge in [-0.1, -0.05) is 78.0 Å². The van der Waals surface area contributed by atoms with Crippen LogP contribution < -0.4 is 8.85 Å². The van der Waals surface area contributed by atoms with Gasteiger partial charge in [0.2, 0.25) is 18.1 Å². The molecule has 6 heteroatoms. The highest BCUT2D eigenvalue weighted by molar-refractivity contribution is 6.49. The Morgan fingerprint density at radius 3 is 1.25 bits per heavy atom. The van der Waals surface area contributed by atoms with Gasteiger partial charge in [0, 0.05) is 11.1 Å². The third-order valence-electron chi connectivity index (χ3n) is 5.57. The molecule has 0 amide bonds. The molecule has 2 rings (SSSR count). The van der Waals surface area contributed by atoms with Crippen molar-refractivity contribution in [3.05, 3.63) is 92.9 Å². The van der Waals surface area contributed by atoms with Crippen molar-refractivity contribution in [1.82, 2.24) is 0 Å². The van der Waals surface area contributed by atoms with Gasteiger partial charge in [-0.15, -0.1) is 0 Å². The van der Waals surface area contributed by atoms with Crippen molar-refractivity contribution in [3.8, 4) is 11.5 Å². The number of hydrogen-bond donors (Lipinski definition) is 0. The summed E-state index contributed by atoms with van der Waals surface area (Å²) in [6.07, 6.45) is 3.55. The first-order valence-electron chi connectivity index (χ1n) is 12.5. The van der Waals surface area contributed by atoms with Gasteiger partial charge in [0.05, 0.1) is 13.1 Å². The molecule has 0 aromatic heterocycles. The molecule has 0 fully saturated rings. The quantitative estimate of drug-likeness (QED) is 0.210. The summed E-state index contributed by atoms with van der Waals surface area (Å²) in [6.45, 7) is 37.2. The lowest BCUT2D eigenvalue weighted by atomic mass is 9.86. The average molecular weight is 517 g/mol. The van der Waals surface area contributed by atoms with E-state index >= 15 is 0 Å². The molecule has 0 spiro atoms. The number of nitrogens with zero attached hydrogens (tertiary/aromatic N) is 2. The predicted octanol–water partition coefficient (Wildman–Crippen LogP) is 8.23. The molecule has 190 valence electrons. The van der Waals surface area contributed by atoms with Gasteiger partial charge in [-0.25, -0.2) is 0 Å². The summed E-state index contributed by atoms with van der Waals surface area (Å²) in [5, 5.41) is 0. The van der Waals surface area contributed by atoms with Gasteiger partial charge in [0.1, 0.15) is 11.5 Å². The van der Waals surface area contributed by atoms with Gasteiger partial charge in [0.15, 0.2) is 11.4 Å². The molecule has 4 nitrogen and oxygen atoms in total. The van der Waals surface area contributed by atoms with Crippen molar-refractivity contribution >= 4 is 30.2 Å². The highest BCUT2D eigenvalue weighted by Crippen LogP contribution is 2.34. The minimum absolute atomic E-state index is 0.0154. The molecular formula is C30H40N2O2Si2. The zero-order valence-electron chi connectivity index (χ0n) is 23.5. The van der Waals surface area contributed by atoms with Crippen LogP contribution in [0.15, 0.2) is 47.8 Å². The van der Waals surface area contributed by atoms with Crippen LogP contribution in [0.2, 0.25) is 26.2 Å². The third-order valence-corrected chi connectivity index (χ3v) is 7.02. The molecule has 0 N–H and O–H groups in total. The first-order chi connectivity index (χ1) is 16.6. The van der Waals surface area contributed by atoms with Crippen LogP contribution in [0, 0.1) is 13.1 Å². The number of hydrogen-bond acceptors (Lipinski definition) is 2. The van der Waals surface area contributed by atoms with E-state index in [0.29, 0.717) is 0 Å². The standard InChI is InChI=1S/C30H40N2O2Si2/c1-29(2,3)23-15-13-21(27(19-23)33-35(9)10)17-25(31-7)26(32-8)18-22-14-16-24(30(4,5)6)20-28(22)34-36(11)12/h13-20,35-36H,1-6,9-12H3/b25-17-,26-18-. The lowest BCUT2D eigenvalue weighted by Crippen LogP contribution is -2.15. The molecule has 0 aliphatic rings. The minimum Gasteiger partial charge on any atom is -0.547 e. The Morgan fingerprint density at radius 1 is 0.667 bits per heavy atom. The largest absolute Gasteiger partial charge is 0.547 e. The smallest absolute Gasteiger partial charge is 0.229 e. The molecule has 0 aliphatic heterocycles. The monoisotopic (exact) mass is 516 g/mol. The summed E-state index contributed by atoms with van der Waals surface area (Å²) in [7, 11) is -2.75. The number of benzene rings is 2. The van der Waals surface area contributed by atoms with Gasteiger partial charge in [-0.3, -0.25) is 9.69 Å². The molecular weight excluding hydrogens is 477 g/mol. The van der Waals surface area contributed by atoms with E-state index in [1.807, 2.05) is 12.1 Å². The molecule has 0 unspecified atom stereocenters. The molecule has 36 heavy (non-hydrogen) atoms. The van der Waals surface area contributed by atoms with E-state index in [-0.39, 0.29) is 22.2 Å². The normalized spacial score (nSPS) is 12.9. The van der Waals surface area contributed by atoms with Gasteiger partial charge >= 0.3 is 0 Å². The number of rotatable bonds is 7. The maximum absolute atomic E-state index is 7.86. The zero-order chi connectivity index (χ0) is 27.3. The summed E-state index contributed by atoms with van der Waals surface area (Å²) in [4.78, 5) is 7.48. The van der Waals surface area contributed by atoms with Crippen LogP contribution >= 0.6 is 0 Å². The summed E-state index contributed by atoms with van der Waals surface area (Å²) < 4.78 is 12.5. The van der Waals surface area contributed by atoms with Crippen LogP contribution in [0.1, 0.15) is 63.8 Å². The van der Waals surface area contributed by atoms with E-state index in [0.717, 1.165) is 22.6 Å². The van der Waals surface area contributed by atoms with Crippen LogP contribution in [-0.4, -0.2) is 18.1 Å². The highest BCUT2D eigenvalue weighted by atomic mass is 28.3. The lowest BCUT2D eigenvalue weighted by molar-refractivity contribution is 0.559. The zero-order valence-corrected chi connectivity index (χ0v) is 25.8. The molecule has 2 aromatic rings. The summed E-state index contributed by atoms with van der Waals surface area (Å²) in [5.41, 5.74) is 4.53. The Kier molecular flexibility index (Phi) is 9.54. The Bertz CT molecular complexity index is 1130. The van der Waals surface area contributed by atoms with Gasteiger partial charge in [-0.05, 0) is 60.3 Å². The van der Waals surface area contributed by atoms with Crippen molar-refractivity contribution in [2.45, 2.75) is 78.6 Å². The summed E-state index contributed by atoms with van der Waals surface area (Å²) in [5.74, 6) is 1.55. The highest BCUT2D eigenvalue weighted by Gasteiger charge is 2.19. The molecule has 2 aromatic carbocycles. The fourth-order valence-electron chi connectivity index (χ4n) is 3.57. The SMILES string of the molecule is [C-]#[N+]C(=C\c1ccc(C(C)(C)C)cc1O[SiH](C)C)/C(=C/c1ccc(C(C)(C)C)cc1O[SiH](C)C)[N+]#[C-]. The van der Waals surface area contributed by atoms with Gasteiger partial charge in [0.25, 0.3) is 0 Å². The van der Waals surface area contributed by atoms with Crippen LogP contribution in [0.25, 0.3) is 21.8 Å².